The van der Waals surface area contributed by atoms with Gasteiger partial charge in [-0.25, -0.2) is 0 Å². The quantitative estimate of drug-likeness (QED) is 0.756. The highest BCUT2D eigenvalue weighted by Gasteiger charge is 2.15. The van der Waals surface area contributed by atoms with Crippen LogP contribution < -0.4 is 5.32 Å². The lowest BCUT2D eigenvalue weighted by atomic mass is 10.0. The minimum atomic E-state index is -0.317. The molecule has 0 aliphatic rings. The van der Waals surface area contributed by atoms with Gasteiger partial charge in [0.05, 0.1) is 11.4 Å². The number of carbonyl (C=O) groups excluding carboxylic acids is 1. The van der Waals surface area contributed by atoms with Crippen LogP contribution in [0.3, 0.4) is 0 Å². The van der Waals surface area contributed by atoms with Gasteiger partial charge >= 0.3 is 0 Å². The fourth-order valence-corrected chi connectivity index (χ4v) is 2.75. The molecule has 0 saturated carbocycles. The van der Waals surface area contributed by atoms with Crippen molar-refractivity contribution in [3.8, 4) is 0 Å². The van der Waals surface area contributed by atoms with Crippen LogP contribution in [-0.4, -0.2) is 28.9 Å². The van der Waals surface area contributed by atoms with Crippen LogP contribution in [0.25, 0.3) is 0 Å². The molecule has 1 rings (SSSR count). The van der Waals surface area contributed by atoms with Crippen LogP contribution in [0.4, 0.5) is 0 Å². The first-order valence-electron chi connectivity index (χ1n) is 6.66. The zero-order chi connectivity index (χ0) is 14.3. The number of amides is 1. The van der Waals surface area contributed by atoms with Gasteiger partial charge in [-0.2, -0.15) is 0 Å². The van der Waals surface area contributed by atoms with Gasteiger partial charge in [0.1, 0.15) is 0 Å². The number of thioether (sulfide) groups is 1. The molecule has 0 spiro atoms. The number of benzene rings is 1. The van der Waals surface area contributed by atoms with Crippen LogP contribution in [0.5, 0.6) is 0 Å². The van der Waals surface area contributed by atoms with Gasteiger partial charge in [0.2, 0.25) is 5.91 Å². The van der Waals surface area contributed by atoms with Crippen molar-refractivity contribution in [2.45, 2.75) is 43.4 Å². The molecule has 106 valence electrons. The summed E-state index contributed by atoms with van der Waals surface area (Å²) in [6.45, 7) is 6.32. The number of hydrogen-bond donors (Lipinski definition) is 2. The van der Waals surface area contributed by atoms with Crippen LogP contribution in [0.1, 0.15) is 27.2 Å². The van der Waals surface area contributed by atoms with Gasteiger partial charge in [-0.15, -0.1) is 11.8 Å². The molecule has 0 aliphatic heterocycles. The monoisotopic (exact) mass is 281 g/mol. The third kappa shape index (κ3) is 6.64. The van der Waals surface area contributed by atoms with Gasteiger partial charge in [0.15, 0.2) is 0 Å². The maximum Gasteiger partial charge on any atom is 0.233 e. The Bertz CT molecular complexity index is 381. The average Bonchev–Trinajstić information content (AvgIpc) is 2.36. The molecule has 0 fully saturated rings. The Kier molecular flexibility index (Phi) is 6.95. The molecule has 0 radical (unpaired) electrons. The molecule has 0 aromatic heterocycles. The van der Waals surface area contributed by atoms with Crippen molar-refractivity contribution in [1.29, 1.82) is 0 Å². The van der Waals surface area contributed by atoms with Crippen molar-refractivity contribution < 1.29 is 9.90 Å². The lowest BCUT2D eigenvalue weighted by Gasteiger charge is -2.16. The first kappa shape index (κ1) is 16.1. The zero-order valence-electron chi connectivity index (χ0n) is 11.8. The van der Waals surface area contributed by atoms with Crippen LogP contribution in [-0.2, 0) is 4.79 Å². The second kappa shape index (κ2) is 8.23. The minimum absolute atomic E-state index is 0.0475. The normalized spacial score (nSPS) is 15.6. The maximum absolute atomic E-state index is 11.9. The maximum atomic E-state index is 11.9. The first-order valence-corrected chi connectivity index (χ1v) is 7.54. The van der Waals surface area contributed by atoms with Crippen LogP contribution >= 0.6 is 11.8 Å². The third-order valence-electron chi connectivity index (χ3n) is 2.79. The topological polar surface area (TPSA) is 49.3 Å². The molecule has 1 amide bonds. The summed E-state index contributed by atoms with van der Waals surface area (Å²) in [6.07, 6.45) is 0.392. The van der Waals surface area contributed by atoms with E-state index in [4.69, 9.17) is 0 Å². The third-order valence-corrected chi connectivity index (χ3v) is 3.91. The summed E-state index contributed by atoms with van der Waals surface area (Å²) in [4.78, 5) is 13.0. The van der Waals surface area contributed by atoms with Crippen LogP contribution in [0.2, 0.25) is 0 Å². The fourth-order valence-electron chi connectivity index (χ4n) is 1.84. The molecule has 1 aromatic carbocycles. The Morgan fingerprint density at radius 3 is 2.47 bits per heavy atom. The van der Waals surface area contributed by atoms with E-state index in [1.165, 1.54) is 0 Å². The lowest BCUT2D eigenvalue weighted by Crippen LogP contribution is -2.34. The second-order valence-electron chi connectivity index (χ2n) is 5.01. The lowest BCUT2D eigenvalue weighted by molar-refractivity contribution is -0.120. The SMILES string of the molecule is CC(O)CC(C)CNC(=O)C(C)Sc1ccccc1. The molecule has 0 bridgehead atoms. The average molecular weight is 281 g/mol. The van der Waals surface area contributed by atoms with E-state index in [2.05, 4.69) is 5.32 Å². The molecule has 0 aliphatic carbocycles. The van der Waals surface area contributed by atoms with Crippen molar-refractivity contribution in [1.82, 2.24) is 5.32 Å². The van der Waals surface area contributed by atoms with Gasteiger partial charge in [-0.1, -0.05) is 25.1 Å². The molecule has 4 heteroatoms. The summed E-state index contributed by atoms with van der Waals surface area (Å²) in [5, 5.41) is 12.1. The molecule has 3 unspecified atom stereocenters. The van der Waals surface area contributed by atoms with Gasteiger partial charge in [0, 0.05) is 11.4 Å². The number of hydrogen-bond acceptors (Lipinski definition) is 3. The number of rotatable bonds is 7. The highest BCUT2D eigenvalue weighted by atomic mass is 32.2. The van der Waals surface area contributed by atoms with Gasteiger partial charge in [-0.05, 0) is 38.3 Å². The molecule has 19 heavy (non-hydrogen) atoms. The largest absolute Gasteiger partial charge is 0.393 e. The summed E-state index contributed by atoms with van der Waals surface area (Å²) >= 11 is 1.56. The zero-order valence-corrected chi connectivity index (χ0v) is 12.6. The molecular formula is C15H23NO2S. The van der Waals surface area contributed by atoms with Crippen LogP contribution in [0.15, 0.2) is 35.2 Å². The Morgan fingerprint density at radius 2 is 1.89 bits per heavy atom. The summed E-state index contributed by atoms with van der Waals surface area (Å²) in [5.74, 6) is 0.337. The predicted octanol–water partition coefficient (Wildman–Crippen LogP) is 2.69. The number of nitrogens with one attached hydrogen (secondary N) is 1. The van der Waals surface area contributed by atoms with Gasteiger partial charge in [-0.3, -0.25) is 4.79 Å². The summed E-state index contributed by atoms with van der Waals surface area (Å²) in [5.41, 5.74) is 0. The summed E-state index contributed by atoms with van der Waals surface area (Å²) in [6, 6.07) is 9.91. The predicted molar refractivity (Wildman–Crippen MR) is 80.2 cm³/mol. The molecule has 0 heterocycles. The molecule has 1 aromatic rings. The van der Waals surface area contributed by atoms with E-state index in [1.807, 2.05) is 44.2 Å². The van der Waals surface area contributed by atoms with Crippen molar-refractivity contribution in [3.05, 3.63) is 30.3 Å². The summed E-state index contributed by atoms with van der Waals surface area (Å²) in [7, 11) is 0. The van der Waals surface area contributed by atoms with Crippen molar-refractivity contribution >= 4 is 17.7 Å². The Morgan fingerprint density at radius 1 is 1.26 bits per heavy atom. The van der Waals surface area contributed by atoms with E-state index in [-0.39, 0.29) is 23.2 Å². The highest BCUT2D eigenvalue weighted by Crippen LogP contribution is 2.22. The van der Waals surface area contributed by atoms with E-state index in [9.17, 15) is 9.90 Å². The Labute approximate surface area is 119 Å². The number of aliphatic hydroxyl groups is 1. The standard InChI is InChI=1S/C15H23NO2S/c1-11(9-12(2)17)10-16-15(18)13(3)19-14-7-5-4-6-8-14/h4-8,11-13,17H,9-10H2,1-3H3,(H,16,18). The smallest absolute Gasteiger partial charge is 0.233 e. The van der Waals surface area contributed by atoms with Gasteiger partial charge in [0.25, 0.3) is 0 Å². The van der Waals surface area contributed by atoms with Gasteiger partial charge < -0.3 is 10.4 Å². The van der Waals surface area contributed by atoms with Crippen LogP contribution in [0, 0.1) is 5.92 Å². The molecule has 3 nitrogen and oxygen atoms in total. The number of aliphatic hydroxyl groups excluding tert-OH is 1. The fraction of sp³-hybridized carbons (Fsp3) is 0.533. The molecule has 3 atom stereocenters. The van der Waals surface area contributed by atoms with E-state index in [0.29, 0.717) is 13.0 Å². The Balaban J connectivity index is 2.33. The number of carbonyl (C=O) groups is 1. The van der Waals surface area contributed by atoms with Crippen molar-refractivity contribution in [2.75, 3.05) is 6.54 Å². The minimum Gasteiger partial charge on any atom is -0.393 e. The molecule has 2 N–H and O–H groups in total. The van der Waals surface area contributed by atoms with E-state index < -0.39 is 0 Å². The molecular weight excluding hydrogens is 258 g/mol. The van der Waals surface area contributed by atoms with E-state index >= 15 is 0 Å². The van der Waals surface area contributed by atoms with E-state index in [1.54, 1.807) is 18.7 Å². The molecule has 0 saturated heterocycles. The first-order chi connectivity index (χ1) is 8.99. The highest BCUT2D eigenvalue weighted by molar-refractivity contribution is 8.00. The van der Waals surface area contributed by atoms with Crippen molar-refractivity contribution in [3.63, 3.8) is 0 Å². The summed E-state index contributed by atoms with van der Waals surface area (Å²) < 4.78 is 0. The second-order valence-corrected chi connectivity index (χ2v) is 6.42. The van der Waals surface area contributed by atoms with Crippen molar-refractivity contribution in [2.24, 2.45) is 5.92 Å². The Hall–Kier alpha value is -1.00. The van der Waals surface area contributed by atoms with E-state index in [0.717, 1.165) is 4.90 Å².